The molecule has 0 saturated carbocycles. The summed E-state index contributed by atoms with van der Waals surface area (Å²) in [6.45, 7) is 8.29. The molecule has 132 valence electrons. The van der Waals surface area contributed by atoms with Crippen LogP contribution in [-0.4, -0.2) is 28.1 Å². The molecule has 1 fully saturated rings. The second-order valence-electron chi connectivity index (χ2n) is 6.90. The second kappa shape index (κ2) is 6.87. The van der Waals surface area contributed by atoms with E-state index in [2.05, 4.69) is 24.0 Å². The molecule has 0 radical (unpaired) electrons. The highest BCUT2D eigenvalue weighted by molar-refractivity contribution is 6.02. The summed E-state index contributed by atoms with van der Waals surface area (Å²) in [6, 6.07) is 8.40. The van der Waals surface area contributed by atoms with Crippen LogP contribution in [0.1, 0.15) is 76.0 Å². The number of H-pyrrole nitrogens is 1. The Morgan fingerprint density at radius 2 is 1.96 bits per heavy atom. The van der Waals surface area contributed by atoms with E-state index in [9.17, 15) is 9.59 Å². The summed E-state index contributed by atoms with van der Waals surface area (Å²) >= 11 is 0. The molecule has 4 heteroatoms. The van der Waals surface area contributed by atoms with Crippen molar-refractivity contribution in [1.29, 1.82) is 0 Å². The monoisotopic (exact) mass is 338 g/mol. The van der Waals surface area contributed by atoms with E-state index in [-0.39, 0.29) is 17.7 Å². The number of benzene rings is 1. The van der Waals surface area contributed by atoms with Crippen molar-refractivity contribution in [3.8, 4) is 0 Å². The van der Waals surface area contributed by atoms with E-state index in [1.807, 2.05) is 30.9 Å². The summed E-state index contributed by atoms with van der Waals surface area (Å²) in [6.07, 6.45) is 2.66. The van der Waals surface area contributed by atoms with E-state index in [1.54, 1.807) is 6.92 Å². The van der Waals surface area contributed by atoms with Gasteiger partial charge in [0, 0.05) is 17.8 Å². The summed E-state index contributed by atoms with van der Waals surface area (Å²) in [4.78, 5) is 30.4. The first-order chi connectivity index (χ1) is 12.0. The van der Waals surface area contributed by atoms with E-state index in [4.69, 9.17) is 0 Å². The molecule has 0 spiro atoms. The van der Waals surface area contributed by atoms with Crippen molar-refractivity contribution in [2.75, 3.05) is 6.54 Å². The molecule has 4 nitrogen and oxygen atoms in total. The zero-order chi connectivity index (χ0) is 18.1. The molecule has 1 aromatic carbocycles. The van der Waals surface area contributed by atoms with Crippen LogP contribution in [0, 0.1) is 13.8 Å². The van der Waals surface area contributed by atoms with Gasteiger partial charge in [-0.15, -0.1) is 0 Å². The molecule has 1 aliphatic rings. The third-order valence-corrected chi connectivity index (χ3v) is 5.27. The number of carbonyl (C=O) groups excluding carboxylic acids is 2. The number of amides is 1. The van der Waals surface area contributed by atoms with Crippen LogP contribution in [0.4, 0.5) is 0 Å². The van der Waals surface area contributed by atoms with Crippen molar-refractivity contribution < 1.29 is 9.59 Å². The minimum Gasteiger partial charge on any atom is -0.354 e. The van der Waals surface area contributed by atoms with Crippen molar-refractivity contribution in [3.63, 3.8) is 0 Å². The van der Waals surface area contributed by atoms with Gasteiger partial charge in [-0.3, -0.25) is 9.59 Å². The molecule has 1 saturated heterocycles. The standard InChI is InChI=1S/C21H26N2O2/c1-5-16-19(15(4)24)14(3)22-20(16)21(25)23-12-8-11-18(23)17-10-7-6-9-13(17)2/h6-7,9-10,18,22H,5,8,11-12H2,1-4H3/t18-/m1/s1. The Morgan fingerprint density at radius 1 is 1.24 bits per heavy atom. The summed E-state index contributed by atoms with van der Waals surface area (Å²) in [7, 11) is 0. The first-order valence-electron chi connectivity index (χ1n) is 9.04. The smallest absolute Gasteiger partial charge is 0.271 e. The lowest BCUT2D eigenvalue weighted by atomic mass is 9.98. The third kappa shape index (κ3) is 3.01. The summed E-state index contributed by atoms with van der Waals surface area (Å²) in [5.41, 5.74) is 5.35. The number of aryl methyl sites for hydroxylation is 2. The number of nitrogens with one attached hydrogen (secondary N) is 1. The van der Waals surface area contributed by atoms with Gasteiger partial charge in [0.15, 0.2) is 5.78 Å². The summed E-state index contributed by atoms with van der Waals surface area (Å²) in [5, 5.41) is 0. The number of aromatic amines is 1. The number of Topliss-reactive ketones (excluding diaryl/α,β-unsaturated/α-hetero) is 1. The zero-order valence-electron chi connectivity index (χ0n) is 15.5. The van der Waals surface area contributed by atoms with E-state index in [0.29, 0.717) is 17.7 Å². The Bertz CT molecular complexity index is 819. The Labute approximate surface area is 149 Å². The second-order valence-corrected chi connectivity index (χ2v) is 6.90. The number of rotatable bonds is 4. The quantitative estimate of drug-likeness (QED) is 0.842. The molecule has 1 aromatic heterocycles. The number of ketones is 1. The first-order valence-corrected chi connectivity index (χ1v) is 9.04. The molecule has 0 bridgehead atoms. The van der Waals surface area contributed by atoms with Gasteiger partial charge in [0.05, 0.1) is 6.04 Å². The lowest BCUT2D eigenvalue weighted by Gasteiger charge is -2.26. The average Bonchev–Trinajstić information content (AvgIpc) is 3.18. The van der Waals surface area contributed by atoms with Crippen LogP contribution in [0.2, 0.25) is 0 Å². The van der Waals surface area contributed by atoms with Crippen molar-refractivity contribution >= 4 is 11.7 Å². The number of nitrogens with zero attached hydrogens (tertiary/aromatic N) is 1. The summed E-state index contributed by atoms with van der Waals surface area (Å²) in [5.74, 6) is 0.0275. The van der Waals surface area contributed by atoms with Gasteiger partial charge >= 0.3 is 0 Å². The van der Waals surface area contributed by atoms with Crippen molar-refractivity contribution in [2.45, 2.75) is 53.0 Å². The molecule has 0 unspecified atom stereocenters. The molecule has 1 N–H and O–H groups in total. The van der Waals surface area contributed by atoms with Crippen molar-refractivity contribution in [3.05, 3.63) is 57.9 Å². The fraction of sp³-hybridized carbons (Fsp3) is 0.429. The van der Waals surface area contributed by atoms with Crippen LogP contribution in [0.3, 0.4) is 0 Å². The van der Waals surface area contributed by atoms with E-state index in [1.165, 1.54) is 11.1 Å². The number of likely N-dealkylation sites (tertiary alicyclic amines) is 1. The van der Waals surface area contributed by atoms with Crippen LogP contribution < -0.4 is 0 Å². The van der Waals surface area contributed by atoms with Crippen LogP contribution in [-0.2, 0) is 6.42 Å². The van der Waals surface area contributed by atoms with Gasteiger partial charge in [0.25, 0.3) is 5.91 Å². The molecular weight excluding hydrogens is 312 g/mol. The summed E-state index contributed by atoms with van der Waals surface area (Å²) < 4.78 is 0. The van der Waals surface area contributed by atoms with Crippen LogP contribution in [0.15, 0.2) is 24.3 Å². The van der Waals surface area contributed by atoms with Gasteiger partial charge in [0.1, 0.15) is 5.69 Å². The van der Waals surface area contributed by atoms with E-state index < -0.39 is 0 Å². The Kier molecular flexibility index (Phi) is 4.80. The van der Waals surface area contributed by atoms with E-state index in [0.717, 1.165) is 30.6 Å². The molecule has 25 heavy (non-hydrogen) atoms. The fourth-order valence-corrected chi connectivity index (χ4v) is 4.13. The average molecular weight is 338 g/mol. The largest absolute Gasteiger partial charge is 0.354 e. The maximum Gasteiger partial charge on any atom is 0.271 e. The van der Waals surface area contributed by atoms with Crippen LogP contribution >= 0.6 is 0 Å². The molecule has 2 heterocycles. The first kappa shape index (κ1) is 17.5. The highest BCUT2D eigenvalue weighted by Gasteiger charge is 2.34. The van der Waals surface area contributed by atoms with Gasteiger partial charge in [-0.05, 0) is 56.7 Å². The third-order valence-electron chi connectivity index (χ3n) is 5.27. The van der Waals surface area contributed by atoms with Crippen molar-refractivity contribution in [1.82, 2.24) is 9.88 Å². The molecule has 1 atom stereocenters. The number of aromatic nitrogens is 1. The molecule has 1 amide bonds. The Hall–Kier alpha value is -2.36. The lowest BCUT2D eigenvalue weighted by molar-refractivity contribution is 0.0729. The predicted octanol–water partition coefficient (Wildman–Crippen LogP) is 4.37. The normalized spacial score (nSPS) is 17.1. The SMILES string of the molecule is CCc1c(C(=O)N2CCC[C@@H]2c2ccccc2C)[nH]c(C)c1C(C)=O. The molecule has 1 aliphatic heterocycles. The topological polar surface area (TPSA) is 53.2 Å². The lowest BCUT2D eigenvalue weighted by Crippen LogP contribution is -2.31. The van der Waals surface area contributed by atoms with Crippen LogP contribution in [0.25, 0.3) is 0 Å². The zero-order valence-corrected chi connectivity index (χ0v) is 15.5. The molecule has 3 rings (SSSR count). The van der Waals surface area contributed by atoms with Crippen molar-refractivity contribution in [2.24, 2.45) is 0 Å². The maximum absolute atomic E-state index is 13.3. The molecule has 2 aromatic rings. The highest BCUT2D eigenvalue weighted by Crippen LogP contribution is 2.35. The van der Waals surface area contributed by atoms with Gasteiger partial charge in [-0.1, -0.05) is 31.2 Å². The highest BCUT2D eigenvalue weighted by atomic mass is 16.2. The van der Waals surface area contributed by atoms with Gasteiger partial charge in [-0.25, -0.2) is 0 Å². The van der Waals surface area contributed by atoms with Gasteiger partial charge in [-0.2, -0.15) is 0 Å². The molecule has 0 aliphatic carbocycles. The number of hydrogen-bond donors (Lipinski definition) is 1. The predicted molar refractivity (Wildman–Crippen MR) is 99.1 cm³/mol. The Balaban J connectivity index is 1.99. The van der Waals surface area contributed by atoms with E-state index >= 15 is 0 Å². The fourth-order valence-electron chi connectivity index (χ4n) is 4.13. The van der Waals surface area contributed by atoms with Gasteiger partial charge < -0.3 is 9.88 Å². The minimum atomic E-state index is 0.0122. The van der Waals surface area contributed by atoms with Crippen LogP contribution in [0.5, 0.6) is 0 Å². The number of carbonyl (C=O) groups is 2. The molecular formula is C21H26N2O2. The van der Waals surface area contributed by atoms with Gasteiger partial charge in [0.2, 0.25) is 0 Å². The number of hydrogen-bond acceptors (Lipinski definition) is 2. The maximum atomic E-state index is 13.3. The Morgan fingerprint density at radius 3 is 2.60 bits per heavy atom. The minimum absolute atomic E-state index is 0.0122.